The predicted octanol–water partition coefficient (Wildman–Crippen LogP) is 1.67. The first-order valence-electron chi connectivity index (χ1n) is 5.87. The smallest absolute Gasteiger partial charge is 0.152 e. The third-order valence-electron chi connectivity index (χ3n) is 2.98. The Kier molecular flexibility index (Phi) is 3.62. The monoisotopic (exact) mass is 221 g/mol. The van der Waals surface area contributed by atoms with Gasteiger partial charge in [-0.1, -0.05) is 0 Å². The van der Waals surface area contributed by atoms with Gasteiger partial charge in [0.1, 0.15) is 0 Å². The van der Waals surface area contributed by atoms with E-state index >= 15 is 0 Å². The van der Waals surface area contributed by atoms with Gasteiger partial charge in [0, 0.05) is 19.3 Å². The van der Waals surface area contributed by atoms with E-state index in [-0.39, 0.29) is 0 Å². The van der Waals surface area contributed by atoms with Crippen molar-refractivity contribution in [3.63, 3.8) is 0 Å². The molecule has 0 spiro atoms. The molecule has 1 aliphatic heterocycles. The maximum Gasteiger partial charge on any atom is 0.152 e. The first kappa shape index (κ1) is 11.2. The Morgan fingerprint density at radius 3 is 3.25 bits per heavy atom. The Labute approximate surface area is 96.4 Å². The van der Waals surface area contributed by atoms with E-state index in [1.54, 1.807) is 6.20 Å². The third-order valence-corrected chi connectivity index (χ3v) is 2.98. The highest BCUT2D eigenvalue weighted by atomic mass is 16.5. The minimum atomic E-state index is 0.428. The molecule has 0 radical (unpaired) electrons. The van der Waals surface area contributed by atoms with E-state index < -0.39 is 0 Å². The lowest BCUT2D eigenvalue weighted by Gasteiger charge is -2.26. The quantitative estimate of drug-likeness (QED) is 0.840. The second-order valence-electron chi connectivity index (χ2n) is 4.07. The van der Waals surface area contributed by atoms with Crippen molar-refractivity contribution >= 4 is 11.5 Å². The van der Waals surface area contributed by atoms with Crippen LogP contribution in [-0.2, 0) is 4.74 Å². The van der Waals surface area contributed by atoms with E-state index in [2.05, 4.69) is 9.88 Å². The van der Waals surface area contributed by atoms with Gasteiger partial charge in [0.15, 0.2) is 5.82 Å². The Balaban J connectivity index is 2.10. The van der Waals surface area contributed by atoms with Gasteiger partial charge >= 0.3 is 0 Å². The molecule has 0 amide bonds. The summed E-state index contributed by atoms with van der Waals surface area (Å²) in [6, 6.07) is 4.20. The lowest BCUT2D eigenvalue weighted by Crippen LogP contribution is -2.34. The number of hydrogen-bond acceptors (Lipinski definition) is 4. The zero-order valence-electron chi connectivity index (χ0n) is 9.72. The molecule has 1 aromatic rings. The first-order chi connectivity index (χ1) is 7.83. The zero-order chi connectivity index (χ0) is 11.4. The summed E-state index contributed by atoms with van der Waals surface area (Å²) in [5.74, 6) is 0.907. The number of aromatic nitrogens is 1. The van der Waals surface area contributed by atoms with Gasteiger partial charge in [0.2, 0.25) is 0 Å². The van der Waals surface area contributed by atoms with Crippen LogP contribution in [0.3, 0.4) is 0 Å². The normalized spacial score (nSPS) is 20.3. The van der Waals surface area contributed by atoms with Crippen LogP contribution < -0.4 is 10.6 Å². The van der Waals surface area contributed by atoms with Gasteiger partial charge in [-0.2, -0.15) is 0 Å². The van der Waals surface area contributed by atoms with Gasteiger partial charge in [-0.15, -0.1) is 0 Å². The molecule has 0 aliphatic carbocycles. The molecule has 1 aromatic heterocycles. The van der Waals surface area contributed by atoms with E-state index in [9.17, 15) is 0 Å². The van der Waals surface area contributed by atoms with Crippen LogP contribution in [0.2, 0.25) is 0 Å². The number of anilines is 2. The van der Waals surface area contributed by atoms with Crippen LogP contribution in [0, 0.1) is 0 Å². The Morgan fingerprint density at radius 1 is 1.62 bits per heavy atom. The minimum Gasteiger partial charge on any atom is -0.396 e. The van der Waals surface area contributed by atoms with Crippen molar-refractivity contribution < 1.29 is 4.74 Å². The van der Waals surface area contributed by atoms with E-state index in [1.807, 2.05) is 19.1 Å². The van der Waals surface area contributed by atoms with E-state index in [0.717, 1.165) is 37.7 Å². The summed E-state index contributed by atoms with van der Waals surface area (Å²) >= 11 is 0. The molecule has 2 rings (SSSR count). The van der Waals surface area contributed by atoms with Crippen molar-refractivity contribution in [3.05, 3.63) is 18.3 Å². The van der Waals surface area contributed by atoms with Gasteiger partial charge < -0.3 is 15.4 Å². The summed E-state index contributed by atoms with van der Waals surface area (Å²) < 4.78 is 5.50. The molecule has 88 valence electrons. The van der Waals surface area contributed by atoms with Gasteiger partial charge in [-0.05, 0) is 31.9 Å². The van der Waals surface area contributed by atoms with Gasteiger partial charge in [-0.25, -0.2) is 4.98 Å². The number of hydrogen-bond donors (Lipinski definition) is 1. The van der Waals surface area contributed by atoms with Gasteiger partial charge in [0.05, 0.1) is 18.3 Å². The molecule has 2 heterocycles. The average Bonchev–Trinajstić information content (AvgIpc) is 2.75. The highest BCUT2D eigenvalue weighted by Gasteiger charge is 2.26. The standard InChI is InChI=1S/C12H19N3O/c1-2-16-9-10-5-4-8-15(10)12-11(13)6-3-7-14-12/h3,6-7,10H,2,4-5,8-9,13H2,1H3/t10-/m1/s1. The SMILES string of the molecule is CCOC[C@H]1CCCN1c1ncccc1N. The van der Waals surface area contributed by atoms with Gasteiger partial charge in [-0.3, -0.25) is 0 Å². The molecule has 2 N–H and O–H groups in total. The molecular weight excluding hydrogens is 202 g/mol. The highest BCUT2D eigenvalue weighted by molar-refractivity contribution is 5.63. The maximum atomic E-state index is 5.95. The summed E-state index contributed by atoms with van der Waals surface area (Å²) in [5.41, 5.74) is 6.70. The van der Waals surface area contributed by atoms with Crippen LogP contribution in [0.4, 0.5) is 11.5 Å². The molecule has 1 fully saturated rings. The van der Waals surface area contributed by atoms with Crippen LogP contribution in [0.1, 0.15) is 19.8 Å². The lowest BCUT2D eigenvalue weighted by molar-refractivity contribution is 0.134. The molecule has 4 heteroatoms. The summed E-state index contributed by atoms with van der Waals surface area (Å²) in [6.07, 6.45) is 4.14. The number of pyridine rings is 1. The van der Waals surface area contributed by atoms with Gasteiger partial charge in [0.25, 0.3) is 0 Å². The minimum absolute atomic E-state index is 0.428. The van der Waals surface area contributed by atoms with Crippen LogP contribution >= 0.6 is 0 Å². The summed E-state index contributed by atoms with van der Waals surface area (Å²) in [6.45, 7) is 4.59. The molecule has 4 nitrogen and oxygen atoms in total. The van der Waals surface area contributed by atoms with E-state index in [0.29, 0.717) is 6.04 Å². The number of rotatable bonds is 4. The van der Waals surface area contributed by atoms with Crippen LogP contribution in [-0.4, -0.2) is 30.8 Å². The predicted molar refractivity (Wildman–Crippen MR) is 65.5 cm³/mol. The average molecular weight is 221 g/mol. The molecule has 1 aliphatic rings. The molecule has 0 saturated carbocycles. The third kappa shape index (κ3) is 2.27. The molecule has 0 bridgehead atoms. The van der Waals surface area contributed by atoms with Crippen molar-refractivity contribution in [2.24, 2.45) is 0 Å². The first-order valence-corrected chi connectivity index (χ1v) is 5.87. The molecular formula is C12H19N3O. The topological polar surface area (TPSA) is 51.4 Å². The van der Waals surface area contributed by atoms with Crippen LogP contribution in [0.5, 0.6) is 0 Å². The van der Waals surface area contributed by atoms with Crippen LogP contribution in [0.25, 0.3) is 0 Å². The number of nitrogens with two attached hydrogens (primary N) is 1. The Bertz CT molecular complexity index is 343. The fourth-order valence-corrected chi connectivity index (χ4v) is 2.19. The fraction of sp³-hybridized carbons (Fsp3) is 0.583. The van der Waals surface area contributed by atoms with Crippen molar-refractivity contribution in [2.45, 2.75) is 25.8 Å². The molecule has 0 unspecified atom stereocenters. The number of nitrogens with zero attached hydrogens (tertiary/aromatic N) is 2. The molecule has 1 atom stereocenters. The summed E-state index contributed by atoms with van der Waals surface area (Å²) in [7, 11) is 0. The Morgan fingerprint density at radius 2 is 2.50 bits per heavy atom. The van der Waals surface area contributed by atoms with Crippen molar-refractivity contribution in [1.82, 2.24) is 4.98 Å². The van der Waals surface area contributed by atoms with Crippen LogP contribution in [0.15, 0.2) is 18.3 Å². The summed E-state index contributed by atoms with van der Waals surface area (Å²) in [5, 5.41) is 0. The molecule has 16 heavy (non-hydrogen) atoms. The van der Waals surface area contributed by atoms with E-state index in [4.69, 9.17) is 10.5 Å². The van der Waals surface area contributed by atoms with Crippen molar-refractivity contribution in [3.8, 4) is 0 Å². The second kappa shape index (κ2) is 5.16. The summed E-state index contributed by atoms with van der Waals surface area (Å²) in [4.78, 5) is 6.63. The lowest BCUT2D eigenvalue weighted by atomic mass is 10.2. The number of nitrogen functional groups attached to an aromatic ring is 1. The Hall–Kier alpha value is -1.29. The highest BCUT2D eigenvalue weighted by Crippen LogP contribution is 2.27. The van der Waals surface area contributed by atoms with E-state index in [1.165, 1.54) is 6.42 Å². The molecule has 1 saturated heterocycles. The van der Waals surface area contributed by atoms with Crippen molar-refractivity contribution in [2.75, 3.05) is 30.4 Å². The number of ether oxygens (including phenoxy) is 1. The second-order valence-corrected chi connectivity index (χ2v) is 4.07. The van der Waals surface area contributed by atoms with Crippen molar-refractivity contribution in [1.29, 1.82) is 0 Å². The fourth-order valence-electron chi connectivity index (χ4n) is 2.19. The molecule has 0 aromatic carbocycles. The largest absolute Gasteiger partial charge is 0.396 e. The maximum absolute atomic E-state index is 5.95. The zero-order valence-corrected chi connectivity index (χ0v) is 9.72.